The van der Waals surface area contributed by atoms with Gasteiger partial charge in [-0.1, -0.05) is 36.4 Å². The van der Waals surface area contributed by atoms with Crippen molar-refractivity contribution < 1.29 is 14.6 Å². The fourth-order valence-electron chi connectivity index (χ4n) is 3.73. The van der Waals surface area contributed by atoms with E-state index in [1.807, 2.05) is 18.2 Å². The molecular formula is C24H27NO3. The van der Waals surface area contributed by atoms with Crippen molar-refractivity contribution in [2.75, 3.05) is 27.7 Å². The molecule has 0 heterocycles. The first-order valence-electron chi connectivity index (χ1n) is 9.51. The number of carbonyl (C=O) groups is 1. The molecule has 0 aliphatic heterocycles. The second-order valence-corrected chi connectivity index (χ2v) is 7.48. The zero-order chi connectivity index (χ0) is 20.1. The lowest BCUT2D eigenvalue weighted by atomic mass is 9.81. The number of ether oxygens (including phenoxy) is 1. The van der Waals surface area contributed by atoms with Gasteiger partial charge in [-0.25, -0.2) is 4.79 Å². The van der Waals surface area contributed by atoms with Crippen LogP contribution in [0.1, 0.15) is 34.3 Å². The second-order valence-electron chi connectivity index (χ2n) is 7.48. The molecule has 2 aromatic rings. The number of methoxy groups -OCH3 is 1. The SMILES string of the molecule is COc1cccc(C2=C/C(=C/c3cccc(C(=O)O)c3)CCC2CN(C)C)c1. The molecule has 2 aromatic carbocycles. The Morgan fingerprint density at radius 1 is 1.21 bits per heavy atom. The fourth-order valence-corrected chi connectivity index (χ4v) is 3.73. The van der Waals surface area contributed by atoms with Crippen LogP contribution in [-0.2, 0) is 0 Å². The van der Waals surface area contributed by atoms with E-state index in [-0.39, 0.29) is 0 Å². The molecule has 4 nitrogen and oxygen atoms in total. The predicted octanol–water partition coefficient (Wildman–Crippen LogP) is 4.83. The molecule has 1 unspecified atom stereocenters. The fraction of sp³-hybridized carbons (Fsp3) is 0.292. The maximum atomic E-state index is 11.2. The highest BCUT2D eigenvalue weighted by atomic mass is 16.5. The molecule has 0 aromatic heterocycles. The quantitative estimate of drug-likeness (QED) is 0.783. The van der Waals surface area contributed by atoms with Crippen LogP contribution < -0.4 is 4.74 Å². The van der Waals surface area contributed by atoms with E-state index in [2.05, 4.69) is 43.3 Å². The molecule has 0 saturated carbocycles. The average molecular weight is 377 g/mol. The molecule has 0 fully saturated rings. The molecule has 0 saturated heterocycles. The van der Waals surface area contributed by atoms with Crippen molar-refractivity contribution in [2.24, 2.45) is 5.92 Å². The van der Waals surface area contributed by atoms with Crippen LogP contribution in [0.5, 0.6) is 5.75 Å². The van der Waals surface area contributed by atoms with E-state index in [0.717, 1.165) is 30.7 Å². The molecule has 0 spiro atoms. The number of carboxylic acid groups (broad SMARTS) is 1. The van der Waals surface area contributed by atoms with Crippen LogP contribution >= 0.6 is 0 Å². The monoisotopic (exact) mass is 377 g/mol. The summed E-state index contributed by atoms with van der Waals surface area (Å²) in [7, 11) is 5.89. The summed E-state index contributed by atoms with van der Waals surface area (Å²) in [5.74, 6) is 0.402. The molecule has 3 rings (SSSR count). The van der Waals surface area contributed by atoms with E-state index < -0.39 is 5.97 Å². The molecule has 1 aliphatic rings. The molecule has 0 amide bonds. The molecule has 0 radical (unpaired) electrons. The van der Waals surface area contributed by atoms with Crippen LogP contribution in [-0.4, -0.2) is 43.7 Å². The number of carboxylic acids is 1. The number of hydrogen-bond donors (Lipinski definition) is 1. The van der Waals surface area contributed by atoms with Gasteiger partial charge < -0.3 is 14.7 Å². The van der Waals surface area contributed by atoms with Crippen molar-refractivity contribution >= 4 is 17.6 Å². The zero-order valence-corrected chi connectivity index (χ0v) is 16.7. The Balaban J connectivity index is 1.99. The Morgan fingerprint density at radius 2 is 2.00 bits per heavy atom. The highest BCUT2D eigenvalue weighted by Gasteiger charge is 2.22. The van der Waals surface area contributed by atoms with Crippen LogP contribution in [0.25, 0.3) is 11.6 Å². The molecule has 146 valence electrons. The van der Waals surface area contributed by atoms with Crippen molar-refractivity contribution in [3.05, 3.63) is 76.9 Å². The third kappa shape index (κ3) is 4.90. The number of allylic oxidation sites excluding steroid dienone is 2. The first-order valence-corrected chi connectivity index (χ1v) is 9.51. The predicted molar refractivity (Wildman–Crippen MR) is 114 cm³/mol. The van der Waals surface area contributed by atoms with Gasteiger partial charge in [-0.2, -0.15) is 0 Å². The van der Waals surface area contributed by atoms with Crippen molar-refractivity contribution in [1.82, 2.24) is 4.90 Å². The minimum atomic E-state index is -0.900. The van der Waals surface area contributed by atoms with Crippen molar-refractivity contribution in [3.63, 3.8) is 0 Å². The van der Waals surface area contributed by atoms with E-state index >= 15 is 0 Å². The van der Waals surface area contributed by atoms with Gasteiger partial charge in [0, 0.05) is 6.54 Å². The van der Waals surface area contributed by atoms with Gasteiger partial charge in [0.05, 0.1) is 12.7 Å². The number of aromatic carboxylic acids is 1. The Hall–Kier alpha value is -2.85. The Bertz CT molecular complexity index is 912. The second kappa shape index (κ2) is 8.89. The average Bonchev–Trinajstić information content (AvgIpc) is 2.69. The number of rotatable bonds is 6. The van der Waals surface area contributed by atoms with Crippen LogP contribution in [0.15, 0.2) is 60.2 Å². The lowest BCUT2D eigenvalue weighted by Crippen LogP contribution is -2.24. The largest absolute Gasteiger partial charge is 0.497 e. The van der Waals surface area contributed by atoms with E-state index in [4.69, 9.17) is 4.74 Å². The third-order valence-electron chi connectivity index (χ3n) is 5.04. The third-order valence-corrected chi connectivity index (χ3v) is 5.04. The molecule has 1 atom stereocenters. The van der Waals surface area contributed by atoms with E-state index in [1.165, 1.54) is 16.7 Å². The summed E-state index contributed by atoms with van der Waals surface area (Å²) < 4.78 is 5.41. The number of hydrogen-bond acceptors (Lipinski definition) is 3. The highest BCUT2D eigenvalue weighted by Crippen LogP contribution is 2.37. The van der Waals surface area contributed by atoms with E-state index in [9.17, 15) is 9.90 Å². The Kier molecular flexibility index (Phi) is 6.32. The Labute approximate surface area is 166 Å². The first kappa shape index (κ1) is 19.9. The Morgan fingerprint density at radius 3 is 2.71 bits per heavy atom. The minimum Gasteiger partial charge on any atom is -0.497 e. The first-order chi connectivity index (χ1) is 13.5. The van der Waals surface area contributed by atoms with Crippen LogP contribution in [0, 0.1) is 5.92 Å². The molecule has 0 bridgehead atoms. The summed E-state index contributed by atoms with van der Waals surface area (Å²) in [5.41, 5.74) is 4.93. The lowest BCUT2D eigenvalue weighted by Gasteiger charge is -2.28. The van der Waals surface area contributed by atoms with Crippen LogP contribution in [0.2, 0.25) is 0 Å². The summed E-state index contributed by atoms with van der Waals surface area (Å²) in [4.78, 5) is 13.5. The van der Waals surface area contributed by atoms with Crippen molar-refractivity contribution in [3.8, 4) is 5.75 Å². The lowest BCUT2D eigenvalue weighted by molar-refractivity contribution is 0.0697. The van der Waals surface area contributed by atoms with Gasteiger partial charge in [0.1, 0.15) is 5.75 Å². The summed E-state index contributed by atoms with van der Waals surface area (Å²) in [6.07, 6.45) is 6.40. The molecule has 28 heavy (non-hydrogen) atoms. The van der Waals surface area contributed by atoms with Gasteiger partial charge in [-0.05, 0) is 79.4 Å². The van der Waals surface area contributed by atoms with E-state index in [0.29, 0.717) is 11.5 Å². The molecule has 1 aliphatic carbocycles. The van der Waals surface area contributed by atoms with Gasteiger partial charge in [0.15, 0.2) is 0 Å². The van der Waals surface area contributed by atoms with Crippen LogP contribution in [0.3, 0.4) is 0 Å². The highest BCUT2D eigenvalue weighted by molar-refractivity contribution is 5.88. The summed E-state index contributed by atoms with van der Waals surface area (Å²) in [6, 6.07) is 15.3. The maximum absolute atomic E-state index is 11.2. The molecular weight excluding hydrogens is 350 g/mol. The summed E-state index contributed by atoms with van der Waals surface area (Å²) in [5, 5.41) is 9.22. The van der Waals surface area contributed by atoms with Gasteiger partial charge >= 0.3 is 5.97 Å². The topological polar surface area (TPSA) is 49.8 Å². The van der Waals surface area contributed by atoms with Crippen molar-refractivity contribution in [2.45, 2.75) is 12.8 Å². The van der Waals surface area contributed by atoms with Gasteiger partial charge in [0.25, 0.3) is 0 Å². The van der Waals surface area contributed by atoms with Crippen LogP contribution in [0.4, 0.5) is 0 Å². The van der Waals surface area contributed by atoms with Gasteiger partial charge in [-0.15, -0.1) is 0 Å². The van der Waals surface area contributed by atoms with Gasteiger partial charge in [-0.3, -0.25) is 0 Å². The normalized spacial score (nSPS) is 18.2. The van der Waals surface area contributed by atoms with E-state index in [1.54, 1.807) is 25.3 Å². The minimum absolute atomic E-state index is 0.313. The van der Waals surface area contributed by atoms with Gasteiger partial charge in [0.2, 0.25) is 0 Å². The number of nitrogens with zero attached hydrogens (tertiary/aromatic N) is 1. The molecule has 4 heteroatoms. The summed E-state index contributed by atoms with van der Waals surface area (Å²) in [6.45, 7) is 0.991. The maximum Gasteiger partial charge on any atom is 0.335 e. The standard InChI is InChI=1S/C24H27NO3/c1-25(2)16-21-11-10-18(12-17-6-4-8-20(13-17)24(26)27)14-23(21)19-7-5-9-22(15-19)28-3/h4-9,12-15,21H,10-11,16H2,1-3H3,(H,26,27)/b18-12+. The number of benzene rings is 2. The summed E-state index contributed by atoms with van der Waals surface area (Å²) >= 11 is 0. The molecule has 1 N–H and O–H groups in total. The smallest absolute Gasteiger partial charge is 0.335 e. The zero-order valence-electron chi connectivity index (χ0n) is 16.7. The van der Waals surface area contributed by atoms with Crippen molar-refractivity contribution in [1.29, 1.82) is 0 Å².